The van der Waals surface area contributed by atoms with Crippen LogP contribution >= 0.6 is 0 Å². The number of hydrogen-bond acceptors (Lipinski definition) is 3. The predicted octanol–water partition coefficient (Wildman–Crippen LogP) is 0.887. The summed E-state index contributed by atoms with van der Waals surface area (Å²) in [6, 6.07) is 3.16. The number of terminal acetylenes is 2. The zero-order valence-electron chi connectivity index (χ0n) is 8.86. The Hall–Kier alpha value is -2.10. The van der Waals surface area contributed by atoms with E-state index >= 15 is 0 Å². The number of benzene rings is 1. The summed E-state index contributed by atoms with van der Waals surface area (Å²) in [5.74, 6) is 5.14. The Bertz CT molecular complexity index is 452. The lowest BCUT2D eigenvalue weighted by Gasteiger charge is -2.09. The molecule has 0 atom stereocenters. The number of phenols is 1. The molecule has 16 heavy (non-hydrogen) atoms. The fraction of sp³-hybridized carbons (Fsp3) is 0.231. The Balaban J connectivity index is 3.08. The van der Waals surface area contributed by atoms with E-state index in [-0.39, 0.29) is 12.4 Å². The van der Waals surface area contributed by atoms with E-state index in [1.54, 1.807) is 6.07 Å². The van der Waals surface area contributed by atoms with Crippen molar-refractivity contribution in [2.75, 3.05) is 13.2 Å². The van der Waals surface area contributed by atoms with E-state index < -0.39 is 0 Å². The van der Waals surface area contributed by atoms with Crippen molar-refractivity contribution < 1.29 is 9.84 Å². The predicted molar refractivity (Wildman–Crippen MR) is 63.1 cm³/mol. The lowest BCUT2D eigenvalue weighted by molar-refractivity contribution is 0.341. The van der Waals surface area contributed by atoms with Crippen LogP contribution in [0.2, 0.25) is 0 Å². The molecule has 1 aromatic rings. The maximum absolute atomic E-state index is 9.62. The van der Waals surface area contributed by atoms with Gasteiger partial charge >= 0.3 is 0 Å². The van der Waals surface area contributed by atoms with Gasteiger partial charge < -0.3 is 15.6 Å². The standard InChI is InChI=1S/C13H13NO2/c1-3-7-16-13-9-11(5-6-14)10(4-2)8-12(13)15/h1-2,8-9,15H,5-7,14H2. The van der Waals surface area contributed by atoms with Crippen LogP contribution in [0, 0.1) is 24.7 Å². The van der Waals surface area contributed by atoms with Crippen molar-refractivity contribution in [1.29, 1.82) is 0 Å². The number of hydrogen-bond donors (Lipinski definition) is 2. The summed E-state index contributed by atoms with van der Waals surface area (Å²) in [6.45, 7) is 0.582. The molecule has 82 valence electrons. The van der Waals surface area contributed by atoms with Gasteiger partial charge in [-0.1, -0.05) is 11.8 Å². The van der Waals surface area contributed by atoms with Crippen LogP contribution in [0.4, 0.5) is 0 Å². The molecule has 3 nitrogen and oxygen atoms in total. The van der Waals surface area contributed by atoms with Gasteiger partial charge in [0.05, 0.1) is 0 Å². The number of phenolic OH excluding ortho intramolecular Hbond substituents is 1. The third kappa shape index (κ3) is 2.70. The topological polar surface area (TPSA) is 55.5 Å². The Morgan fingerprint density at radius 2 is 2.12 bits per heavy atom. The van der Waals surface area contributed by atoms with Crippen LogP contribution in [0.3, 0.4) is 0 Å². The quantitative estimate of drug-likeness (QED) is 0.733. The third-order valence-electron chi connectivity index (χ3n) is 2.06. The summed E-state index contributed by atoms with van der Waals surface area (Å²) < 4.78 is 5.18. The number of ether oxygens (including phenoxy) is 1. The van der Waals surface area contributed by atoms with Crippen molar-refractivity contribution >= 4 is 0 Å². The normalized spacial score (nSPS) is 9.19. The molecule has 0 bridgehead atoms. The van der Waals surface area contributed by atoms with Crippen LogP contribution in [0.1, 0.15) is 11.1 Å². The SMILES string of the molecule is C#CCOc1cc(CCN)c(C#C)cc1O. The van der Waals surface area contributed by atoms with Crippen molar-refractivity contribution in [2.45, 2.75) is 6.42 Å². The first-order chi connectivity index (χ1) is 7.72. The molecule has 0 aromatic heterocycles. The monoisotopic (exact) mass is 215 g/mol. The zero-order valence-corrected chi connectivity index (χ0v) is 8.86. The first kappa shape index (κ1) is 12.0. The van der Waals surface area contributed by atoms with Gasteiger partial charge in [0.25, 0.3) is 0 Å². The Kier molecular flexibility index (Phi) is 4.27. The van der Waals surface area contributed by atoms with Gasteiger partial charge in [-0.2, -0.15) is 0 Å². The Labute approximate surface area is 95.2 Å². The van der Waals surface area contributed by atoms with E-state index in [0.717, 1.165) is 5.56 Å². The highest BCUT2D eigenvalue weighted by molar-refractivity contribution is 5.52. The van der Waals surface area contributed by atoms with E-state index in [4.69, 9.17) is 23.3 Å². The van der Waals surface area contributed by atoms with Crippen molar-refractivity contribution in [3.05, 3.63) is 23.3 Å². The smallest absolute Gasteiger partial charge is 0.162 e. The largest absolute Gasteiger partial charge is 0.504 e. The maximum Gasteiger partial charge on any atom is 0.162 e. The van der Waals surface area contributed by atoms with E-state index in [0.29, 0.717) is 24.3 Å². The second-order valence-electron chi connectivity index (χ2n) is 3.15. The first-order valence-electron chi connectivity index (χ1n) is 4.81. The summed E-state index contributed by atoms with van der Waals surface area (Å²) in [7, 11) is 0. The first-order valence-corrected chi connectivity index (χ1v) is 4.81. The maximum atomic E-state index is 9.62. The van der Waals surface area contributed by atoms with Gasteiger partial charge in [-0.15, -0.1) is 12.8 Å². The van der Waals surface area contributed by atoms with Crippen LogP contribution in [0.25, 0.3) is 0 Å². The minimum atomic E-state index is -0.0102. The molecule has 0 heterocycles. The molecule has 0 fully saturated rings. The molecule has 0 aliphatic heterocycles. The highest BCUT2D eigenvalue weighted by Gasteiger charge is 2.08. The fourth-order valence-electron chi connectivity index (χ4n) is 1.34. The molecule has 0 spiro atoms. The van der Waals surface area contributed by atoms with E-state index in [1.807, 2.05) is 0 Å². The number of rotatable bonds is 4. The second kappa shape index (κ2) is 5.70. The van der Waals surface area contributed by atoms with E-state index in [1.165, 1.54) is 6.07 Å². The fourth-order valence-corrected chi connectivity index (χ4v) is 1.34. The molecule has 3 heteroatoms. The molecule has 0 aliphatic carbocycles. The third-order valence-corrected chi connectivity index (χ3v) is 2.06. The summed E-state index contributed by atoms with van der Waals surface area (Å²) in [5, 5.41) is 9.62. The second-order valence-corrected chi connectivity index (χ2v) is 3.15. The van der Waals surface area contributed by atoms with E-state index in [2.05, 4.69) is 11.8 Å². The summed E-state index contributed by atoms with van der Waals surface area (Å²) in [4.78, 5) is 0. The van der Waals surface area contributed by atoms with Gasteiger partial charge in [-0.05, 0) is 30.7 Å². The van der Waals surface area contributed by atoms with Crippen LogP contribution in [0.15, 0.2) is 12.1 Å². The van der Waals surface area contributed by atoms with Gasteiger partial charge in [0.1, 0.15) is 6.61 Å². The summed E-state index contributed by atoms with van der Waals surface area (Å²) in [5.41, 5.74) is 6.96. The average Bonchev–Trinajstić information content (AvgIpc) is 2.29. The average molecular weight is 215 g/mol. The Morgan fingerprint density at radius 1 is 1.38 bits per heavy atom. The van der Waals surface area contributed by atoms with Crippen LogP contribution < -0.4 is 10.5 Å². The summed E-state index contributed by atoms with van der Waals surface area (Å²) >= 11 is 0. The molecule has 3 N–H and O–H groups in total. The van der Waals surface area contributed by atoms with Crippen molar-refractivity contribution in [3.63, 3.8) is 0 Å². The van der Waals surface area contributed by atoms with Gasteiger partial charge in [-0.25, -0.2) is 0 Å². The van der Waals surface area contributed by atoms with Crippen molar-refractivity contribution in [2.24, 2.45) is 5.73 Å². The van der Waals surface area contributed by atoms with Gasteiger partial charge in [-0.3, -0.25) is 0 Å². The molecule has 0 saturated carbocycles. The van der Waals surface area contributed by atoms with Crippen LogP contribution in [-0.4, -0.2) is 18.3 Å². The van der Waals surface area contributed by atoms with E-state index in [9.17, 15) is 5.11 Å². The van der Waals surface area contributed by atoms with Crippen molar-refractivity contribution in [1.82, 2.24) is 0 Å². The molecule has 1 rings (SSSR count). The van der Waals surface area contributed by atoms with Crippen LogP contribution in [0.5, 0.6) is 11.5 Å². The minimum Gasteiger partial charge on any atom is -0.504 e. The zero-order chi connectivity index (χ0) is 12.0. The lowest BCUT2D eigenvalue weighted by atomic mass is 10.0. The molecule has 0 aliphatic rings. The van der Waals surface area contributed by atoms with Gasteiger partial charge in [0.2, 0.25) is 0 Å². The highest BCUT2D eigenvalue weighted by Crippen LogP contribution is 2.29. The molecule has 0 radical (unpaired) electrons. The lowest BCUT2D eigenvalue weighted by Crippen LogP contribution is -2.05. The molecular formula is C13H13NO2. The molecule has 1 aromatic carbocycles. The molecule has 0 saturated heterocycles. The molecular weight excluding hydrogens is 202 g/mol. The summed E-state index contributed by atoms with van der Waals surface area (Å²) in [6.07, 6.45) is 11.0. The molecule has 0 amide bonds. The highest BCUT2D eigenvalue weighted by atomic mass is 16.5. The molecule has 0 unspecified atom stereocenters. The Morgan fingerprint density at radius 3 is 2.69 bits per heavy atom. The minimum absolute atomic E-state index is 0.0102. The van der Waals surface area contributed by atoms with Gasteiger partial charge in [0, 0.05) is 5.56 Å². The van der Waals surface area contributed by atoms with Crippen molar-refractivity contribution in [3.8, 4) is 36.2 Å². The van der Waals surface area contributed by atoms with Crippen LogP contribution in [-0.2, 0) is 6.42 Å². The van der Waals surface area contributed by atoms with Gasteiger partial charge in [0.15, 0.2) is 11.5 Å². The number of nitrogens with two attached hydrogens (primary N) is 1. The number of aromatic hydroxyl groups is 1.